The maximum absolute atomic E-state index is 4.74. The maximum atomic E-state index is 4.74. The summed E-state index contributed by atoms with van der Waals surface area (Å²) in [6.07, 6.45) is 0.895. The van der Waals surface area contributed by atoms with Crippen LogP contribution < -0.4 is 15.5 Å². The third-order valence-electron chi connectivity index (χ3n) is 3.62. The molecular formula is C18H31IN6S2. The van der Waals surface area contributed by atoms with Gasteiger partial charge in [0.05, 0.1) is 22.9 Å². The van der Waals surface area contributed by atoms with Crippen LogP contribution in [0.1, 0.15) is 44.1 Å². The Morgan fingerprint density at radius 2 is 1.89 bits per heavy atom. The first-order valence-electron chi connectivity index (χ1n) is 8.88. The van der Waals surface area contributed by atoms with Crippen molar-refractivity contribution in [3.8, 4) is 0 Å². The Hall–Kier alpha value is -0.940. The number of aromatic nitrogens is 2. The van der Waals surface area contributed by atoms with Crippen molar-refractivity contribution in [2.24, 2.45) is 4.99 Å². The van der Waals surface area contributed by atoms with Crippen molar-refractivity contribution in [1.82, 2.24) is 20.6 Å². The van der Waals surface area contributed by atoms with Gasteiger partial charge in [-0.1, -0.05) is 20.8 Å². The lowest BCUT2D eigenvalue weighted by molar-refractivity contribution is 0.570. The van der Waals surface area contributed by atoms with E-state index in [2.05, 4.69) is 59.1 Å². The number of halogens is 1. The first-order valence-corrected chi connectivity index (χ1v) is 10.6. The zero-order chi connectivity index (χ0) is 19.2. The second-order valence-electron chi connectivity index (χ2n) is 7.26. The van der Waals surface area contributed by atoms with Crippen LogP contribution in [0.5, 0.6) is 0 Å². The molecule has 0 saturated heterocycles. The molecule has 0 amide bonds. The van der Waals surface area contributed by atoms with Gasteiger partial charge in [0.1, 0.15) is 0 Å². The van der Waals surface area contributed by atoms with Gasteiger partial charge in [-0.25, -0.2) is 15.0 Å². The molecule has 0 spiro atoms. The van der Waals surface area contributed by atoms with E-state index in [1.807, 2.05) is 19.0 Å². The van der Waals surface area contributed by atoms with Gasteiger partial charge in [0.2, 0.25) is 0 Å². The molecule has 2 aromatic heterocycles. The predicted octanol–water partition coefficient (Wildman–Crippen LogP) is 3.88. The lowest BCUT2D eigenvalue weighted by Gasteiger charge is -2.14. The van der Waals surface area contributed by atoms with Crippen molar-refractivity contribution >= 4 is 57.7 Å². The molecule has 2 rings (SSSR count). The quantitative estimate of drug-likeness (QED) is 0.328. The SMILES string of the molecule is CCNC(=NCc1csc(N(C)C)n1)NCCc1nc(C(C)(C)C)cs1.I. The first kappa shape index (κ1) is 24.1. The number of nitrogens with zero attached hydrogens (tertiary/aromatic N) is 4. The van der Waals surface area contributed by atoms with Crippen LogP contribution in [0.25, 0.3) is 0 Å². The molecule has 0 aliphatic carbocycles. The van der Waals surface area contributed by atoms with Crippen LogP contribution in [-0.2, 0) is 18.4 Å². The van der Waals surface area contributed by atoms with E-state index in [0.29, 0.717) is 6.54 Å². The highest BCUT2D eigenvalue weighted by Gasteiger charge is 2.17. The Bertz CT molecular complexity index is 718. The highest BCUT2D eigenvalue weighted by molar-refractivity contribution is 14.0. The molecule has 0 fully saturated rings. The number of hydrogen-bond acceptors (Lipinski definition) is 6. The topological polar surface area (TPSA) is 65.4 Å². The van der Waals surface area contributed by atoms with Gasteiger partial charge in [0.25, 0.3) is 0 Å². The Kier molecular flexibility index (Phi) is 9.96. The van der Waals surface area contributed by atoms with Crippen molar-refractivity contribution in [3.05, 3.63) is 27.2 Å². The number of thiazole rings is 2. The molecule has 2 N–H and O–H groups in total. The minimum atomic E-state index is 0. The van der Waals surface area contributed by atoms with Crippen LogP contribution in [0.2, 0.25) is 0 Å². The summed E-state index contributed by atoms with van der Waals surface area (Å²) in [5.74, 6) is 0.819. The molecule has 2 heterocycles. The van der Waals surface area contributed by atoms with Crippen molar-refractivity contribution < 1.29 is 0 Å². The summed E-state index contributed by atoms with van der Waals surface area (Å²) in [7, 11) is 4.00. The predicted molar refractivity (Wildman–Crippen MR) is 129 cm³/mol. The van der Waals surface area contributed by atoms with Crippen LogP contribution >= 0.6 is 46.7 Å². The zero-order valence-corrected chi connectivity index (χ0v) is 21.0. The van der Waals surface area contributed by atoms with Crippen LogP contribution in [0.3, 0.4) is 0 Å². The third kappa shape index (κ3) is 7.90. The van der Waals surface area contributed by atoms with E-state index >= 15 is 0 Å². The monoisotopic (exact) mass is 522 g/mol. The van der Waals surface area contributed by atoms with Gasteiger partial charge < -0.3 is 15.5 Å². The van der Waals surface area contributed by atoms with Crippen LogP contribution in [-0.4, -0.2) is 43.1 Å². The van der Waals surface area contributed by atoms with Crippen molar-refractivity contribution in [2.75, 3.05) is 32.1 Å². The van der Waals surface area contributed by atoms with E-state index in [9.17, 15) is 0 Å². The van der Waals surface area contributed by atoms with Gasteiger partial charge in [-0.3, -0.25) is 0 Å². The standard InChI is InChI=1S/C18H30N6S2.HI/c1-7-19-16(21-10-13-11-26-17(22-13)24(5)6)20-9-8-15-23-14(12-25-15)18(2,3)4;/h11-12H,7-10H2,1-6H3,(H2,19,20,21);1H. The largest absolute Gasteiger partial charge is 0.357 e. The van der Waals surface area contributed by atoms with Gasteiger partial charge in [0.15, 0.2) is 11.1 Å². The minimum Gasteiger partial charge on any atom is -0.357 e. The first-order chi connectivity index (χ1) is 12.3. The van der Waals surface area contributed by atoms with E-state index in [-0.39, 0.29) is 29.4 Å². The number of aliphatic imine (C=N–C) groups is 1. The van der Waals surface area contributed by atoms with Crippen LogP contribution in [0.15, 0.2) is 15.8 Å². The molecule has 9 heteroatoms. The van der Waals surface area contributed by atoms with E-state index in [1.165, 1.54) is 5.69 Å². The average Bonchev–Trinajstić information content (AvgIpc) is 3.21. The molecule has 27 heavy (non-hydrogen) atoms. The Balaban J connectivity index is 0.00000364. The fourth-order valence-electron chi connectivity index (χ4n) is 2.13. The molecule has 6 nitrogen and oxygen atoms in total. The Morgan fingerprint density at radius 1 is 1.15 bits per heavy atom. The summed E-state index contributed by atoms with van der Waals surface area (Å²) < 4.78 is 0. The molecule has 0 radical (unpaired) electrons. The number of hydrogen-bond donors (Lipinski definition) is 2. The summed E-state index contributed by atoms with van der Waals surface area (Å²) in [5.41, 5.74) is 2.27. The molecule has 0 aliphatic heterocycles. The van der Waals surface area contributed by atoms with Crippen molar-refractivity contribution in [3.63, 3.8) is 0 Å². The second-order valence-corrected chi connectivity index (χ2v) is 9.04. The lowest BCUT2D eigenvalue weighted by Crippen LogP contribution is -2.38. The summed E-state index contributed by atoms with van der Waals surface area (Å²) in [6, 6.07) is 0. The van der Waals surface area contributed by atoms with Gasteiger partial charge >= 0.3 is 0 Å². The van der Waals surface area contributed by atoms with Gasteiger partial charge in [-0.2, -0.15) is 0 Å². The highest BCUT2D eigenvalue weighted by atomic mass is 127. The highest BCUT2D eigenvalue weighted by Crippen LogP contribution is 2.24. The number of nitrogens with one attached hydrogen (secondary N) is 2. The molecular weight excluding hydrogens is 491 g/mol. The lowest BCUT2D eigenvalue weighted by atomic mass is 9.93. The van der Waals surface area contributed by atoms with E-state index in [0.717, 1.165) is 41.3 Å². The molecule has 0 aliphatic rings. The van der Waals surface area contributed by atoms with E-state index < -0.39 is 0 Å². The summed E-state index contributed by atoms with van der Waals surface area (Å²) in [5, 5.41) is 13.1. The summed E-state index contributed by atoms with van der Waals surface area (Å²) >= 11 is 3.37. The van der Waals surface area contributed by atoms with Crippen molar-refractivity contribution in [2.45, 2.75) is 46.1 Å². The Labute approximate surface area is 187 Å². The van der Waals surface area contributed by atoms with Crippen molar-refractivity contribution in [1.29, 1.82) is 0 Å². The number of anilines is 1. The smallest absolute Gasteiger partial charge is 0.191 e. The Morgan fingerprint density at radius 3 is 2.44 bits per heavy atom. The molecule has 152 valence electrons. The maximum Gasteiger partial charge on any atom is 0.191 e. The molecule has 0 atom stereocenters. The fraction of sp³-hybridized carbons (Fsp3) is 0.611. The second kappa shape index (κ2) is 11.2. The van der Waals surface area contributed by atoms with Gasteiger partial charge in [-0.05, 0) is 6.92 Å². The normalized spacial score (nSPS) is 11.9. The molecule has 2 aromatic rings. The molecule has 0 unspecified atom stereocenters. The fourth-order valence-corrected chi connectivity index (χ4v) is 3.91. The zero-order valence-electron chi connectivity index (χ0n) is 17.0. The van der Waals surface area contributed by atoms with E-state index in [4.69, 9.17) is 4.98 Å². The third-order valence-corrected chi connectivity index (χ3v) is 5.58. The van der Waals surface area contributed by atoms with E-state index in [1.54, 1.807) is 22.7 Å². The minimum absolute atomic E-state index is 0. The van der Waals surface area contributed by atoms with Gasteiger partial charge in [-0.15, -0.1) is 46.7 Å². The average molecular weight is 523 g/mol. The summed E-state index contributed by atoms with van der Waals surface area (Å²) in [4.78, 5) is 16.0. The van der Waals surface area contributed by atoms with Gasteiger partial charge in [0, 0.05) is 49.8 Å². The summed E-state index contributed by atoms with van der Waals surface area (Å²) in [6.45, 7) is 10.9. The molecule has 0 bridgehead atoms. The number of rotatable bonds is 7. The van der Waals surface area contributed by atoms with Crippen LogP contribution in [0.4, 0.5) is 5.13 Å². The number of guanidine groups is 1. The van der Waals surface area contributed by atoms with Crippen LogP contribution in [0, 0.1) is 0 Å². The molecule has 0 aromatic carbocycles. The molecule has 0 saturated carbocycles.